The van der Waals surface area contributed by atoms with Gasteiger partial charge in [-0.3, -0.25) is 9.89 Å². The fourth-order valence-electron chi connectivity index (χ4n) is 3.51. The van der Waals surface area contributed by atoms with Crippen molar-refractivity contribution in [3.8, 4) is 11.5 Å². The molecule has 3 rings (SSSR count). The maximum absolute atomic E-state index is 13.7. The van der Waals surface area contributed by atoms with Gasteiger partial charge in [-0.1, -0.05) is 18.2 Å². The van der Waals surface area contributed by atoms with E-state index in [0.717, 1.165) is 44.1 Å². The quantitative estimate of drug-likeness (QED) is 0.553. The molecule has 0 radical (unpaired) electrons. The first-order valence-corrected chi connectivity index (χ1v) is 9.78. The van der Waals surface area contributed by atoms with Crippen LogP contribution in [0.3, 0.4) is 0 Å². The highest BCUT2D eigenvalue weighted by Crippen LogP contribution is 2.33. The maximum atomic E-state index is 13.7. The van der Waals surface area contributed by atoms with Crippen LogP contribution in [0.15, 0.2) is 41.4 Å². The van der Waals surface area contributed by atoms with Gasteiger partial charge in [-0.2, -0.15) is 0 Å². The van der Waals surface area contributed by atoms with Gasteiger partial charge in [0.25, 0.3) is 0 Å². The largest absolute Gasteiger partial charge is 0.493 e. The molecule has 1 aliphatic heterocycles. The summed E-state index contributed by atoms with van der Waals surface area (Å²) in [5, 5.41) is 6.46. The van der Waals surface area contributed by atoms with Gasteiger partial charge >= 0.3 is 0 Å². The lowest BCUT2D eigenvalue weighted by Gasteiger charge is -2.29. The Morgan fingerprint density at radius 1 is 1.10 bits per heavy atom. The van der Waals surface area contributed by atoms with Crippen molar-refractivity contribution in [1.82, 2.24) is 15.5 Å². The topological polar surface area (TPSA) is 58.1 Å². The second kappa shape index (κ2) is 10.1. The van der Waals surface area contributed by atoms with Gasteiger partial charge in [-0.05, 0) is 35.7 Å². The molecule has 0 saturated carbocycles. The molecule has 0 aliphatic carbocycles. The lowest BCUT2D eigenvalue weighted by molar-refractivity contribution is 0.256. The fourth-order valence-corrected chi connectivity index (χ4v) is 3.51. The number of guanidine groups is 1. The molecule has 1 aliphatic rings. The van der Waals surface area contributed by atoms with E-state index in [1.165, 1.54) is 17.2 Å². The number of aliphatic imine (C=N–C) groups is 1. The average Bonchev–Trinajstić information content (AvgIpc) is 2.75. The Kier molecular flexibility index (Phi) is 7.30. The Labute approximate surface area is 171 Å². The average molecular weight is 400 g/mol. The van der Waals surface area contributed by atoms with Crippen LogP contribution in [0.25, 0.3) is 0 Å². The van der Waals surface area contributed by atoms with Gasteiger partial charge in [0.2, 0.25) is 0 Å². The summed E-state index contributed by atoms with van der Waals surface area (Å²) in [6.07, 6.45) is 0.982. The van der Waals surface area contributed by atoms with E-state index in [2.05, 4.69) is 32.7 Å². The Morgan fingerprint density at radius 3 is 2.52 bits per heavy atom. The first-order chi connectivity index (χ1) is 14.1. The number of nitrogens with one attached hydrogen (secondary N) is 2. The standard InChI is InChI=1S/C22H29FN4O2/c1-24-22(26-14-17-6-4-5-7-19(17)23)25-9-11-27-10-8-16-12-20(28-2)21(29-3)13-18(16)15-27/h4-7,12-13H,8-11,14-15H2,1-3H3,(H2,24,25,26). The van der Waals surface area contributed by atoms with Crippen LogP contribution in [0, 0.1) is 5.82 Å². The highest BCUT2D eigenvalue weighted by Gasteiger charge is 2.19. The molecule has 0 aromatic heterocycles. The number of ether oxygens (including phenoxy) is 2. The van der Waals surface area contributed by atoms with Crippen molar-refractivity contribution in [2.24, 2.45) is 4.99 Å². The highest BCUT2D eigenvalue weighted by molar-refractivity contribution is 5.79. The molecule has 29 heavy (non-hydrogen) atoms. The van der Waals surface area contributed by atoms with E-state index in [1.807, 2.05) is 6.07 Å². The van der Waals surface area contributed by atoms with Gasteiger partial charge < -0.3 is 20.1 Å². The van der Waals surface area contributed by atoms with Crippen molar-refractivity contribution < 1.29 is 13.9 Å². The molecule has 0 bridgehead atoms. The summed E-state index contributed by atoms with van der Waals surface area (Å²) in [6, 6.07) is 10.9. The van der Waals surface area contributed by atoms with Gasteiger partial charge in [0.1, 0.15) is 5.82 Å². The number of halogens is 1. The minimum atomic E-state index is -0.213. The van der Waals surface area contributed by atoms with Crippen molar-refractivity contribution in [3.05, 3.63) is 58.9 Å². The number of hydrogen-bond donors (Lipinski definition) is 2. The predicted octanol–water partition coefficient (Wildman–Crippen LogP) is 2.57. The van der Waals surface area contributed by atoms with E-state index >= 15 is 0 Å². The molecule has 0 spiro atoms. The molecule has 1 heterocycles. The van der Waals surface area contributed by atoms with Crippen LogP contribution in [0.4, 0.5) is 4.39 Å². The summed E-state index contributed by atoms with van der Waals surface area (Å²) in [6.45, 7) is 3.89. The van der Waals surface area contributed by atoms with Gasteiger partial charge in [-0.15, -0.1) is 0 Å². The van der Waals surface area contributed by atoms with Gasteiger partial charge in [0.05, 0.1) is 14.2 Å². The minimum Gasteiger partial charge on any atom is -0.493 e. The maximum Gasteiger partial charge on any atom is 0.191 e. The Morgan fingerprint density at radius 2 is 1.83 bits per heavy atom. The smallest absolute Gasteiger partial charge is 0.191 e. The lowest BCUT2D eigenvalue weighted by atomic mass is 9.99. The molecular formula is C22H29FN4O2. The third-order valence-electron chi connectivity index (χ3n) is 5.15. The van der Waals surface area contributed by atoms with Crippen LogP contribution in [0.5, 0.6) is 11.5 Å². The molecule has 0 fully saturated rings. The van der Waals surface area contributed by atoms with E-state index in [-0.39, 0.29) is 5.82 Å². The second-order valence-corrected chi connectivity index (χ2v) is 6.95. The number of rotatable bonds is 7. The van der Waals surface area contributed by atoms with Crippen LogP contribution in [-0.4, -0.2) is 51.8 Å². The van der Waals surface area contributed by atoms with Gasteiger partial charge in [0.15, 0.2) is 17.5 Å². The number of nitrogens with zero attached hydrogens (tertiary/aromatic N) is 2. The number of methoxy groups -OCH3 is 2. The molecule has 2 aromatic carbocycles. The van der Waals surface area contributed by atoms with Crippen LogP contribution >= 0.6 is 0 Å². The van der Waals surface area contributed by atoms with Crippen LogP contribution in [0.1, 0.15) is 16.7 Å². The Balaban J connectivity index is 1.48. The first kappa shape index (κ1) is 20.9. The Hall–Kier alpha value is -2.80. The van der Waals surface area contributed by atoms with Crippen LogP contribution in [-0.2, 0) is 19.5 Å². The number of fused-ring (bicyclic) bond motifs is 1. The van der Waals surface area contributed by atoms with Gasteiger partial charge in [0, 0.05) is 45.3 Å². The molecule has 0 saturated heterocycles. The third kappa shape index (κ3) is 5.38. The highest BCUT2D eigenvalue weighted by atomic mass is 19.1. The van der Waals surface area contributed by atoms with Crippen LogP contribution < -0.4 is 20.1 Å². The molecule has 156 valence electrons. The molecule has 2 N–H and O–H groups in total. The summed E-state index contributed by atoms with van der Waals surface area (Å²) in [5.41, 5.74) is 3.21. The van der Waals surface area contributed by atoms with Crippen molar-refractivity contribution in [2.45, 2.75) is 19.5 Å². The molecule has 0 atom stereocenters. The normalized spacial score (nSPS) is 14.3. The van der Waals surface area contributed by atoms with Crippen LogP contribution in [0.2, 0.25) is 0 Å². The van der Waals surface area contributed by atoms with E-state index < -0.39 is 0 Å². The molecule has 6 nitrogen and oxygen atoms in total. The zero-order valence-electron chi connectivity index (χ0n) is 17.3. The van der Waals surface area contributed by atoms with E-state index in [4.69, 9.17) is 9.47 Å². The van der Waals surface area contributed by atoms with Crippen molar-refractivity contribution >= 4 is 5.96 Å². The molecule has 0 unspecified atom stereocenters. The minimum absolute atomic E-state index is 0.213. The Bertz CT molecular complexity index is 857. The van der Waals surface area contributed by atoms with Crippen molar-refractivity contribution in [3.63, 3.8) is 0 Å². The summed E-state index contributed by atoms with van der Waals surface area (Å²) >= 11 is 0. The van der Waals surface area contributed by atoms with Crippen molar-refractivity contribution in [1.29, 1.82) is 0 Å². The summed E-state index contributed by atoms with van der Waals surface area (Å²) in [7, 11) is 5.04. The first-order valence-electron chi connectivity index (χ1n) is 9.78. The second-order valence-electron chi connectivity index (χ2n) is 6.95. The summed E-state index contributed by atoms with van der Waals surface area (Å²) < 4.78 is 24.6. The predicted molar refractivity (Wildman–Crippen MR) is 113 cm³/mol. The monoisotopic (exact) mass is 400 g/mol. The number of hydrogen-bond acceptors (Lipinski definition) is 4. The van der Waals surface area contributed by atoms with E-state index in [1.54, 1.807) is 33.4 Å². The SMILES string of the molecule is CN=C(NCCN1CCc2cc(OC)c(OC)cc2C1)NCc1ccccc1F. The fraction of sp³-hybridized carbons (Fsp3) is 0.409. The summed E-state index contributed by atoms with van der Waals surface area (Å²) in [5.74, 6) is 2.00. The number of benzene rings is 2. The zero-order chi connectivity index (χ0) is 20.6. The zero-order valence-corrected chi connectivity index (χ0v) is 17.3. The molecule has 7 heteroatoms. The lowest BCUT2D eigenvalue weighted by Crippen LogP contribution is -2.42. The molecular weight excluding hydrogens is 371 g/mol. The van der Waals surface area contributed by atoms with E-state index in [9.17, 15) is 4.39 Å². The molecule has 0 amide bonds. The van der Waals surface area contributed by atoms with Crippen molar-refractivity contribution in [2.75, 3.05) is 40.9 Å². The van der Waals surface area contributed by atoms with Gasteiger partial charge in [-0.25, -0.2) is 4.39 Å². The third-order valence-corrected chi connectivity index (χ3v) is 5.15. The molecule has 2 aromatic rings. The van der Waals surface area contributed by atoms with E-state index in [0.29, 0.717) is 18.1 Å². The summed E-state index contributed by atoms with van der Waals surface area (Å²) in [4.78, 5) is 6.61.